The minimum absolute atomic E-state index is 0.149. The molecule has 160 valence electrons. The number of hydrogen-bond donors (Lipinski definition) is 1. The molecular formula is C24H22ClF2N3O. The van der Waals surface area contributed by atoms with E-state index in [9.17, 15) is 13.6 Å². The second-order valence-corrected chi connectivity index (χ2v) is 8.07. The fourth-order valence-corrected chi connectivity index (χ4v) is 4.09. The molecule has 7 heteroatoms. The normalized spacial score (nSPS) is 14.5. The Morgan fingerprint density at radius 1 is 1.10 bits per heavy atom. The molecule has 0 bridgehead atoms. The van der Waals surface area contributed by atoms with Gasteiger partial charge < -0.3 is 10.2 Å². The second kappa shape index (κ2) is 9.02. The summed E-state index contributed by atoms with van der Waals surface area (Å²) in [5.74, 6) is -0.484. The quantitative estimate of drug-likeness (QED) is 0.498. The summed E-state index contributed by atoms with van der Waals surface area (Å²) in [6.07, 6.45) is 3.05. The molecule has 1 aliphatic heterocycles. The van der Waals surface area contributed by atoms with Crippen LogP contribution in [0, 0.1) is 18.6 Å². The van der Waals surface area contributed by atoms with E-state index in [1.807, 2.05) is 12.1 Å². The van der Waals surface area contributed by atoms with E-state index in [2.05, 4.69) is 10.3 Å². The Morgan fingerprint density at radius 2 is 1.81 bits per heavy atom. The Bertz CT molecular complexity index is 1100. The van der Waals surface area contributed by atoms with Crippen LogP contribution in [0.5, 0.6) is 0 Å². The topological polar surface area (TPSA) is 45.2 Å². The molecule has 1 amide bonds. The van der Waals surface area contributed by atoms with Crippen molar-refractivity contribution in [2.75, 3.05) is 18.4 Å². The monoisotopic (exact) mass is 441 g/mol. The fourth-order valence-electron chi connectivity index (χ4n) is 3.94. The van der Waals surface area contributed by atoms with Crippen molar-refractivity contribution in [2.24, 2.45) is 0 Å². The molecule has 0 spiro atoms. The van der Waals surface area contributed by atoms with Crippen molar-refractivity contribution < 1.29 is 13.6 Å². The van der Waals surface area contributed by atoms with Crippen LogP contribution in [-0.2, 0) is 0 Å². The van der Waals surface area contributed by atoms with Gasteiger partial charge in [0, 0.05) is 30.5 Å². The van der Waals surface area contributed by atoms with Crippen LogP contribution >= 0.6 is 11.6 Å². The Balaban J connectivity index is 1.53. The highest BCUT2D eigenvalue weighted by molar-refractivity contribution is 6.30. The summed E-state index contributed by atoms with van der Waals surface area (Å²) in [6.45, 7) is 2.94. The molecular weight excluding hydrogens is 420 g/mol. The predicted molar refractivity (Wildman–Crippen MR) is 118 cm³/mol. The van der Waals surface area contributed by atoms with E-state index in [0.29, 0.717) is 41.5 Å². The minimum Gasteiger partial charge on any atom is -0.354 e. The van der Waals surface area contributed by atoms with Crippen LogP contribution < -0.4 is 5.32 Å². The van der Waals surface area contributed by atoms with E-state index in [-0.39, 0.29) is 22.7 Å². The lowest BCUT2D eigenvalue weighted by Gasteiger charge is -2.33. The number of halogens is 3. The van der Waals surface area contributed by atoms with E-state index < -0.39 is 0 Å². The van der Waals surface area contributed by atoms with Crippen molar-refractivity contribution in [2.45, 2.75) is 25.7 Å². The van der Waals surface area contributed by atoms with Gasteiger partial charge in [0.25, 0.3) is 5.91 Å². The van der Waals surface area contributed by atoms with Gasteiger partial charge in [-0.1, -0.05) is 29.8 Å². The van der Waals surface area contributed by atoms with Crippen molar-refractivity contribution in [1.29, 1.82) is 0 Å². The molecule has 0 radical (unpaired) electrons. The minimum atomic E-state index is -0.376. The summed E-state index contributed by atoms with van der Waals surface area (Å²) in [6, 6.07) is 12.6. The highest BCUT2D eigenvalue weighted by atomic mass is 35.5. The molecule has 1 aromatic heterocycles. The van der Waals surface area contributed by atoms with Gasteiger partial charge in [-0.05, 0) is 61.6 Å². The summed E-state index contributed by atoms with van der Waals surface area (Å²) in [4.78, 5) is 19.3. The number of rotatable bonds is 4. The number of benzene rings is 2. The van der Waals surface area contributed by atoms with E-state index in [1.165, 1.54) is 30.5 Å². The summed E-state index contributed by atoms with van der Waals surface area (Å²) < 4.78 is 26.8. The van der Waals surface area contributed by atoms with Crippen molar-refractivity contribution in [3.05, 3.63) is 88.2 Å². The average Bonchev–Trinajstić information content (AvgIpc) is 2.77. The Labute approximate surface area is 184 Å². The molecule has 2 aromatic carbocycles. The summed E-state index contributed by atoms with van der Waals surface area (Å²) >= 11 is 6.20. The number of amides is 1. The standard InChI is InChI=1S/C24H22ClF2N3O/c1-15-22(29-20-4-2-3-19(27)13-20)21(14-28-23(15)25)24(31)30-11-9-17(10-12-30)16-5-7-18(26)8-6-16/h2-8,13-14,17H,9-12H2,1H3,(H,28,29). The van der Waals surface area contributed by atoms with Crippen molar-refractivity contribution in [3.63, 3.8) is 0 Å². The largest absolute Gasteiger partial charge is 0.354 e. The van der Waals surface area contributed by atoms with Gasteiger partial charge in [0.05, 0.1) is 11.3 Å². The van der Waals surface area contributed by atoms with Gasteiger partial charge in [-0.3, -0.25) is 4.79 Å². The first-order valence-corrected chi connectivity index (χ1v) is 10.5. The van der Waals surface area contributed by atoms with Gasteiger partial charge in [0.1, 0.15) is 16.8 Å². The van der Waals surface area contributed by atoms with E-state index in [1.54, 1.807) is 24.0 Å². The van der Waals surface area contributed by atoms with Gasteiger partial charge in [0.15, 0.2) is 0 Å². The van der Waals surface area contributed by atoms with Crippen LogP contribution in [0.25, 0.3) is 0 Å². The van der Waals surface area contributed by atoms with Crippen LogP contribution in [0.1, 0.15) is 40.2 Å². The van der Waals surface area contributed by atoms with E-state index >= 15 is 0 Å². The van der Waals surface area contributed by atoms with Crippen molar-refractivity contribution >= 4 is 28.9 Å². The third-order valence-electron chi connectivity index (χ3n) is 5.71. The zero-order chi connectivity index (χ0) is 22.0. The van der Waals surface area contributed by atoms with Gasteiger partial charge in [-0.2, -0.15) is 0 Å². The molecule has 1 aliphatic rings. The molecule has 2 heterocycles. The molecule has 0 atom stereocenters. The summed E-state index contributed by atoms with van der Waals surface area (Å²) in [5, 5.41) is 3.42. The van der Waals surface area contributed by atoms with Crippen molar-refractivity contribution in [1.82, 2.24) is 9.88 Å². The molecule has 1 saturated heterocycles. The maximum absolute atomic E-state index is 13.6. The zero-order valence-electron chi connectivity index (χ0n) is 17.0. The molecule has 3 aromatic rings. The fraction of sp³-hybridized carbons (Fsp3) is 0.250. The Hall–Kier alpha value is -2.99. The average molecular weight is 442 g/mol. The maximum atomic E-state index is 13.6. The zero-order valence-corrected chi connectivity index (χ0v) is 17.8. The molecule has 4 rings (SSSR count). The molecule has 1 N–H and O–H groups in total. The first kappa shape index (κ1) is 21.2. The van der Waals surface area contributed by atoms with Gasteiger partial charge in [-0.25, -0.2) is 13.8 Å². The predicted octanol–water partition coefficient (Wildman–Crippen LogP) is 6.09. The number of nitrogens with zero attached hydrogens (tertiary/aromatic N) is 2. The third kappa shape index (κ3) is 4.69. The first-order valence-electron chi connectivity index (χ1n) is 10.1. The van der Waals surface area contributed by atoms with Crippen LogP contribution in [-0.4, -0.2) is 28.9 Å². The number of carbonyl (C=O) groups excluding carboxylic acids is 1. The lowest BCUT2D eigenvalue weighted by Crippen LogP contribution is -2.38. The van der Waals surface area contributed by atoms with E-state index in [4.69, 9.17) is 11.6 Å². The number of carbonyl (C=O) groups is 1. The van der Waals surface area contributed by atoms with Crippen LogP contribution in [0.2, 0.25) is 5.15 Å². The number of anilines is 2. The van der Waals surface area contributed by atoms with Crippen LogP contribution in [0.15, 0.2) is 54.7 Å². The van der Waals surface area contributed by atoms with Gasteiger partial charge in [0.2, 0.25) is 0 Å². The second-order valence-electron chi connectivity index (χ2n) is 7.72. The summed E-state index contributed by atoms with van der Waals surface area (Å²) in [5.41, 5.74) is 3.15. The highest BCUT2D eigenvalue weighted by Gasteiger charge is 2.27. The van der Waals surface area contributed by atoms with Crippen molar-refractivity contribution in [3.8, 4) is 0 Å². The third-order valence-corrected chi connectivity index (χ3v) is 6.09. The Morgan fingerprint density at radius 3 is 2.48 bits per heavy atom. The van der Waals surface area contributed by atoms with Crippen LogP contribution in [0.3, 0.4) is 0 Å². The molecule has 4 nitrogen and oxygen atoms in total. The Kier molecular flexibility index (Phi) is 6.18. The number of pyridine rings is 1. The maximum Gasteiger partial charge on any atom is 0.257 e. The highest BCUT2D eigenvalue weighted by Crippen LogP contribution is 2.32. The molecule has 0 aliphatic carbocycles. The van der Waals surface area contributed by atoms with E-state index in [0.717, 1.165) is 18.4 Å². The van der Waals surface area contributed by atoms with Crippen LogP contribution in [0.4, 0.5) is 20.2 Å². The molecule has 0 saturated carbocycles. The van der Waals surface area contributed by atoms with Gasteiger partial charge >= 0.3 is 0 Å². The SMILES string of the molecule is Cc1c(Cl)ncc(C(=O)N2CCC(c3ccc(F)cc3)CC2)c1Nc1cccc(F)c1. The smallest absolute Gasteiger partial charge is 0.257 e. The molecule has 1 fully saturated rings. The number of piperidine rings is 1. The molecule has 31 heavy (non-hydrogen) atoms. The number of aromatic nitrogens is 1. The lowest BCUT2D eigenvalue weighted by molar-refractivity contribution is 0.0713. The number of nitrogens with one attached hydrogen (secondary N) is 1. The lowest BCUT2D eigenvalue weighted by atomic mass is 9.89. The summed E-state index contributed by atoms with van der Waals surface area (Å²) in [7, 11) is 0. The first-order chi connectivity index (χ1) is 14.9. The van der Waals surface area contributed by atoms with Gasteiger partial charge in [-0.15, -0.1) is 0 Å². The number of hydrogen-bond acceptors (Lipinski definition) is 3. The number of likely N-dealkylation sites (tertiary alicyclic amines) is 1. The molecule has 0 unspecified atom stereocenters.